The van der Waals surface area contributed by atoms with Crippen molar-refractivity contribution in [2.45, 2.75) is 24.8 Å². The van der Waals surface area contributed by atoms with Gasteiger partial charge in [0.15, 0.2) is 0 Å². The van der Waals surface area contributed by atoms with Crippen LogP contribution in [-0.4, -0.2) is 22.5 Å². The lowest BCUT2D eigenvalue weighted by atomic mass is 10.1. The Labute approximate surface area is 104 Å². The molecule has 2 N–H and O–H groups in total. The molecule has 90 valence electrons. The number of carboxylic acids is 1. The molecule has 0 radical (unpaired) electrons. The topological polar surface area (TPSA) is 66.4 Å². The fraction of sp³-hybridized carbons (Fsp3) is 0.333. The quantitative estimate of drug-likeness (QED) is 0.857. The van der Waals surface area contributed by atoms with Gasteiger partial charge in [-0.05, 0) is 24.5 Å². The molecule has 1 fully saturated rings. The SMILES string of the molecule is O=C(Cc1ccccc1Cl)NC1(C(=O)O)CC1. The molecule has 0 aliphatic heterocycles. The minimum Gasteiger partial charge on any atom is -0.480 e. The van der Waals surface area contributed by atoms with Crippen molar-refractivity contribution in [2.75, 3.05) is 0 Å². The average molecular weight is 254 g/mol. The number of aliphatic carboxylic acids is 1. The fourth-order valence-electron chi connectivity index (χ4n) is 1.64. The van der Waals surface area contributed by atoms with E-state index in [2.05, 4.69) is 5.32 Å². The Hall–Kier alpha value is -1.55. The maximum Gasteiger partial charge on any atom is 0.329 e. The van der Waals surface area contributed by atoms with Gasteiger partial charge in [0.1, 0.15) is 5.54 Å². The lowest BCUT2D eigenvalue weighted by molar-refractivity contribution is -0.143. The number of benzene rings is 1. The van der Waals surface area contributed by atoms with Crippen LogP contribution in [0.1, 0.15) is 18.4 Å². The molecule has 0 spiro atoms. The molecule has 17 heavy (non-hydrogen) atoms. The number of nitrogens with one attached hydrogen (secondary N) is 1. The van der Waals surface area contributed by atoms with E-state index < -0.39 is 11.5 Å². The summed E-state index contributed by atoms with van der Waals surface area (Å²) < 4.78 is 0. The van der Waals surface area contributed by atoms with E-state index in [1.807, 2.05) is 0 Å². The highest BCUT2D eigenvalue weighted by Gasteiger charge is 2.51. The van der Waals surface area contributed by atoms with E-state index >= 15 is 0 Å². The van der Waals surface area contributed by atoms with Gasteiger partial charge in [0.25, 0.3) is 0 Å². The van der Waals surface area contributed by atoms with Crippen LogP contribution < -0.4 is 5.32 Å². The van der Waals surface area contributed by atoms with Crippen LogP contribution in [0.2, 0.25) is 5.02 Å². The third kappa shape index (κ3) is 2.58. The minimum absolute atomic E-state index is 0.106. The summed E-state index contributed by atoms with van der Waals surface area (Å²) in [6.45, 7) is 0. The zero-order chi connectivity index (χ0) is 12.5. The van der Waals surface area contributed by atoms with E-state index in [-0.39, 0.29) is 12.3 Å². The van der Waals surface area contributed by atoms with Crippen molar-refractivity contribution in [1.29, 1.82) is 0 Å². The smallest absolute Gasteiger partial charge is 0.329 e. The summed E-state index contributed by atoms with van der Waals surface area (Å²) >= 11 is 5.92. The van der Waals surface area contributed by atoms with Gasteiger partial charge in [0.05, 0.1) is 6.42 Å². The standard InChI is InChI=1S/C12H12ClNO3/c13-9-4-2-1-3-8(9)7-10(15)14-12(5-6-12)11(16)17/h1-4H,5-7H2,(H,14,15)(H,16,17). The molecule has 1 aliphatic rings. The lowest BCUT2D eigenvalue weighted by Gasteiger charge is -2.12. The summed E-state index contributed by atoms with van der Waals surface area (Å²) in [6, 6.07) is 7.03. The third-order valence-corrected chi connectivity index (χ3v) is 3.22. The minimum atomic E-state index is -1.03. The molecule has 1 aromatic carbocycles. The van der Waals surface area contributed by atoms with Crippen LogP contribution in [0.3, 0.4) is 0 Å². The van der Waals surface area contributed by atoms with Gasteiger partial charge in [0.2, 0.25) is 5.91 Å². The van der Waals surface area contributed by atoms with Gasteiger partial charge < -0.3 is 10.4 Å². The van der Waals surface area contributed by atoms with E-state index in [9.17, 15) is 9.59 Å². The number of rotatable bonds is 4. The van der Waals surface area contributed by atoms with Crippen molar-refractivity contribution in [1.82, 2.24) is 5.32 Å². The van der Waals surface area contributed by atoms with Crippen molar-refractivity contribution in [3.05, 3.63) is 34.9 Å². The maximum absolute atomic E-state index is 11.7. The fourth-order valence-corrected chi connectivity index (χ4v) is 1.85. The van der Waals surface area contributed by atoms with Crippen molar-refractivity contribution in [2.24, 2.45) is 0 Å². The van der Waals surface area contributed by atoms with E-state index in [1.165, 1.54) is 0 Å². The first kappa shape index (κ1) is 11.9. The van der Waals surface area contributed by atoms with Gasteiger partial charge in [-0.2, -0.15) is 0 Å². The highest BCUT2D eigenvalue weighted by Crippen LogP contribution is 2.35. The van der Waals surface area contributed by atoms with Crippen molar-refractivity contribution in [3.63, 3.8) is 0 Å². The summed E-state index contributed by atoms with van der Waals surface area (Å²) in [4.78, 5) is 22.6. The zero-order valence-corrected chi connectivity index (χ0v) is 9.83. The number of carboxylic acid groups (broad SMARTS) is 1. The molecule has 0 unspecified atom stereocenters. The Morgan fingerprint density at radius 2 is 2.00 bits per heavy atom. The molecular formula is C12H12ClNO3. The molecule has 1 saturated carbocycles. The highest BCUT2D eigenvalue weighted by molar-refractivity contribution is 6.31. The number of carbonyl (C=O) groups is 2. The van der Waals surface area contributed by atoms with Crippen LogP contribution >= 0.6 is 11.6 Å². The second-order valence-corrected chi connectivity index (χ2v) is 4.61. The Kier molecular flexibility index (Phi) is 3.07. The molecule has 4 nitrogen and oxygen atoms in total. The first-order chi connectivity index (χ1) is 8.03. The predicted molar refractivity (Wildman–Crippen MR) is 62.9 cm³/mol. The second-order valence-electron chi connectivity index (χ2n) is 4.20. The van der Waals surface area contributed by atoms with E-state index in [1.54, 1.807) is 24.3 Å². The van der Waals surface area contributed by atoms with Crippen LogP contribution in [0.5, 0.6) is 0 Å². The van der Waals surface area contributed by atoms with E-state index in [0.29, 0.717) is 23.4 Å². The molecule has 5 heteroatoms. The van der Waals surface area contributed by atoms with E-state index in [0.717, 1.165) is 0 Å². The van der Waals surface area contributed by atoms with Gasteiger partial charge in [0, 0.05) is 5.02 Å². The Morgan fingerprint density at radius 1 is 1.35 bits per heavy atom. The van der Waals surface area contributed by atoms with Crippen molar-refractivity contribution >= 4 is 23.5 Å². The molecule has 1 aromatic rings. The average Bonchev–Trinajstić information content (AvgIpc) is 3.02. The van der Waals surface area contributed by atoms with Crippen LogP contribution in [0.4, 0.5) is 0 Å². The molecule has 1 amide bonds. The Bertz CT molecular complexity index is 469. The lowest BCUT2D eigenvalue weighted by Crippen LogP contribution is -2.43. The first-order valence-corrected chi connectivity index (χ1v) is 5.69. The Balaban J connectivity index is 1.99. The van der Waals surface area contributed by atoms with Gasteiger partial charge in [-0.15, -0.1) is 0 Å². The molecular weight excluding hydrogens is 242 g/mol. The molecule has 2 rings (SSSR count). The van der Waals surface area contributed by atoms with E-state index in [4.69, 9.17) is 16.7 Å². The third-order valence-electron chi connectivity index (χ3n) is 2.85. The van der Waals surface area contributed by atoms with Crippen LogP contribution in [0.15, 0.2) is 24.3 Å². The van der Waals surface area contributed by atoms with Crippen molar-refractivity contribution in [3.8, 4) is 0 Å². The largest absolute Gasteiger partial charge is 0.480 e. The first-order valence-electron chi connectivity index (χ1n) is 5.31. The number of carbonyl (C=O) groups excluding carboxylic acids is 1. The number of halogens is 1. The van der Waals surface area contributed by atoms with Crippen LogP contribution in [-0.2, 0) is 16.0 Å². The summed E-state index contributed by atoms with van der Waals surface area (Å²) in [7, 11) is 0. The molecule has 0 bridgehead atoms. The predicted octanol–water partition coefficient (Wildman–Crippen LogP) is 1.62. The van der Waals surface area contributed by atoms with Crippen LogP contribution in [0, 0.1) is 0 Å². The molecule has 0 aromatic heterocycles. The summed E-state index contributed by atoms with van der Waals surface area (Å²) in [5, 5.41) is 12.0. The Morgan fingerprint density at radius 3 is 2.53 bits per heavy atom. The molecule has 0 heterocycles. The summed E-state index contributed by atoms with van der Waals surface area (Å²) in [5.41, 5.74) is -0.328. The van der Waals surface area contributed by atoms with Gasteiger partial charge in [-0.1, -0.05) is 29.8 Å². The molecule has 1 aliphatic carbocycles. The van der Waals surface area contributed by atoms with Crippen molar-refractivity contribution < 1.29 is 14.7 Å². The van der Waals surface area contributed by atoms with Gasteiger partial charge >= 0.3 is 5.97 Å². The number of hydrogen-bond donors (Lipinski definition) is 2. The zero-order valence-electron chi connectivity index (χ0n) is 9.07. The monoisotopic (exact) mass is 253 g/mol. The second kappa shape index (κ2) is 4.37. The van der Waals surface area contributed by atoms with Crippen LogP contribution in [0.25, 0.3) is 0 Å². The van der Waals surface area contributed by atoms with Gasteiger partial charge in [-0.25, -0.2) is 4.79 Å². The normalized spacial score (nSPS) is 16.3. The van der Waals surface area contributed by atoms with Gasteiger partial charge in [-0.3, -0.25) is 4.79 Å². The summed E-state index contributed by atoms with van der Waals surface area (Å²) in [6.07, 6.45) is 1.10. The molecule has 0 atom stereocenters. The highest BCUT2D eigenvalue weighted by atomic mass is 35.5. The summed E-state index contributed by atoms with van der Waals surface area (Å²) in [5.74, 6) is -1.27. The maximum atomic E-state index is 11.7. The molecule has 0 saturated heterocycles. The number of amides is 1. The number of hydrogen-bond acceptors (Lipinski definition) is 2.